The Bertz CT molecular complexity index is 3450. The van der Waals surface area contributed by atoms with Gasteiger partial charge in [-0.1, -0.05) is 55.5 Å². The first-order valence-electron chi connectivity index (χ1n) is 28.0. The van der Waals surface area contributed by atoms with Crippen LogP contribution in [0.3, 0.4) is 0 Å². The Labute approximate surface area is 446 Å². The van der Waals surface area contributed by atoms with E-state index in [9.17, 15) is 18.8 Å². The number of likely N-dealkylation sites (tertiary alicyclic amines) is 2. The minimum atomic E-state index is -0.923. The Kier molecular flexibility index (Phi) is 13.0. The highest BCUT2D eigenvalue weighted by Crippen LogP contribution is 2.42. The van der Waals surface area contributed by atoms with E-state index >= 15 is 4.39 Å². The van der Waals surface area contributed by atoms with Gasteiger partial charge in [0, 0.05) is 76.3 Å². The number of alkyl halides is 1. The third-order valence-corrected chi connectivity index (χ3v) is 18.0. The summed E-state index contributed by atoms with van der Waals surface area (Å²) in [6.45, 7) is 9.50. The van der Waals surface area contributed by atoms with Gasteiger partial charge in [0.2, 0.25) is 11.8 Å². The van der Waals surface area contributed by atoms with Gasteiger partial charge in [-0.05, 0) is 123 Å². The van der Waals surface area contributed by atoms with Crippen LogP contribution in [-0.4, -0.2) is 138 Å². The molecule has 77 heavy (non-hydrogen) atoms. The van der Waals surface area contributed by atoms with Crippen molar-refractivity contribution in [3.63, 3.8) is 0 Å². The third-order valence-electron chi connectivity index (χ3n) is 18.0. The Morgan fingerprint density at radius 3 is 2.55 bits per heavy atom. The van der Waals surface area contributed by atoms with E-state index in [1.54, 1.807) is 6.20 Å². The van der Waals surface area contributed by atoms with Gasteiger partial charge >= 0.3 is 6.01 Å². The van der Waals surface area contributed by atoms with E-state index in [0.29, 0.717) is 99.2 Å². The van der Waals surface area contributed by atoms with Crippen LogP contribution in [0.1, 0.15) is 116 Å². The second kappa shape index (κ2) is 20.1. The molecule has 0 aliphatic carbocycles. The molecule has 4 aromatic heterocycles. The number of nitrogens with one attached hydrogen (secondary N) is 1. The molecule has 0 radical (unpaired) electrons. The number of fused-ring (bicyclic) bond motifs is 5. The molecule has 13 rings (SSSR count). The van der Waals surface area contributed by atoms with Crippen molar-refractivity contribution in [1.82, 2.24) is 54.5 Å². The number of aromatic nitrogens is 7. The average molecular weight is 1050 g/mol. The number of amides is 3. The first kappa shape index (κ1) is 49.6. The summed E-state index contributed by atoms with van der Waals surface area (Å²) in [6, 6.07) is 20.5. The summed E-state index contributed by atoms with van der Waals surface area (Å²) >= 11 is 0. The molecule has 3 amide bonds. The summed E-state index contributed by atoms with van der Waals surface area (Å²) in [5.41, 5.74) is 6.02. The molecule has 3 aromatic carbocycles. The maximum absolute atomic E-state index is 17.4. The van der Waals surface area contributed by atoms with E-state index in [0.717, 1.165) is 110 Å². The highest BCUT2D eigenvalue weighted by Gasteiger charge is 2.49. The van der Waals surface area contributed by atoms with E-state index in [-0.39, 0.29) is 41.5 Å². The number of carbonyl (C=O) groups is 3. The number of hydrogen-bond acceptors (Lipinski definition) is 12. The summed E-state index contributed by atoms with van der Waals surface area (Å²) in [6.07, 6.45) is 9.21. The van der Waals surface area contributed by atoms with Crippen LogP contribution >= 0.6 is 0 Å². The molecule has 5 fully saturated rings. The quantitative estimate of drug-likeness (QED) is 0.124. The monoisotopic (exact) mass is 1040 g/mol. The van der Waals surface area contributed by atoms with Gasteiger partial charge in [-0.25, -0.2) is 8.78 Å². The zero-order chi connectivity index (χ0) is 52.5. The van der Waals surface area contributed by atoms with Crippen LogP contribution in [0.15, 0.2) is 66.9 Å². The molecule has 400 valence electrons. The molecule has 3 atom stereocenters. The second-order valence-corrected chi connectivity index (χ2v) is 22.7. The van der Waals surface area contributed by atoms with Crippen LogP contribution in [0.2, 0.25) is 0 Å². The Morgan fingerprint density at radius 2 is 1.73 bits per heavy atom. The highest BCUT2D eigenvalue weighted by atomic mass is 19.1. The van der Waals surface area contributed by atoms with Crippen molar-refractivity contribution < 1.29 is 27.9 Å². The van der Waals surface area contributed by atoms with Crippen LogP contribution in [-0.2, 0) is 36.1 Å². The van der Waals surface area contributed by atoms with Crippen molar-refractivity contribution in [3.05, 3.63) is 101 Å². The Hall–Kier alpha value is -6.92. The van der Waals surface area contributed by atoms with Gasteiger partial charge in [0.25, 0.3) is 5.91 Å². The van der Waals surface area contributed by atoms with Crippen molar-refractivity contribution in [1.29, 1.82) is 0 Å². The van der Waals surface area contributed by atoms with Gasteiger partial charge in [0.15, 0.2) is 11.5 Å². The first-order valence-corrected chi connectivity index (χ1v) is 28.0. The first-order chi connectivity index (χ1) is 37.5. The number of rotatable bonds is 11. The minimum absolute atomic E-state index is 0.0457. The molecule has 10 heterocycles. The van der Waals surface area contributed by atoms with Gasteiger partial charge < -0.3 is 19.4 Å². The molecule has 5 saturated heterocycles. The Morgan fingerprint density at radius 1 is 0.896 bits per heavy atom. The lowest BCUT2D eigenvalue weighted by atomic mass is 9.87. The summed E-state index contributed by atoms with van der Waals surface area (Å²) in [5, 5.41) is 15.5. The highest BCUT2D eigenvalue weighted by molar-refractivity contribution is 6.03. The fourth-order valence-electron chi connectivity index (χ4n) is 13.9. The standard InChI is InChI=1S/C59H66F2N12O4/c1-3-37-8-4-9-39-10-5-11-44(50(37)39)53-51(61)54-46(31-62-53)55(65-58(64-54)77-35-59-20-6-22-72(59)33-41(60)30-59)71-21-7-23-73-42(34-71)29-47(66-73)57(76)70-26-16-36(17-27-70)32-69-24-18-38(19-25-69)40-12-13-43-48(28-40)68(2)67-52(43)45-14-15-49(74)63-56(45)75/h4-5,8-13,28-29,31,36,38,41,45H,3,6-7,14-27,30,32-35H2,1-2H3,(H,63,74,75)/t41-,45?,59+/m1/s1. The van der Waals surface area contributed by atoms with Crippen molar-refractivity contribution in [2.75, 3.05) is 63.9 Å². The van der Waals surface area contributed by atoms with E-state index in [4.69, 9.17) is 29.9 Å². The molecular formula is C59H66F2N12O4. The number of piperidine rings is 3. The molecule has 18 heteroatoms. The predicted octanol–water partition coefficient (Wildman–Crippen LogP) is 8.25. The van der Waals surface area contributed by atoms with E-state index < -0.39 is 23.4 Å². The molecular weight excluding hydrogens is 979 g/mol. The molecule has 6 aliphatic heterocycles. The van der Waals surface area contributed by atoms with Crippen molar-refractivity contribution in [2.24, 2.45) is 13.0 Å². The fraction of sp³-hybridized carbons (Fsp3) is 0.492. The molecule has 0 saturated carbocycles. The summed E-state index contributed by atoms with van der Waals surface area (Å²) in [4.78, 5) is 62.1. The number of hydrogen-bond donors (Lipinski definition) is 1. The second-order valence-electron chi connectivity index (χ2n) is 22.7. The summed E-state index contributed by atoms with van der Waals surface area (Å²) < 4.78 is 42.5. The van der Waals surface area contributed by atoms with Crippen molar-refractivity contribution >= 4 is 56.1 Å². The molecule has 1 unspecified atom stereocenters. The van der Waals surface area contributed by atoms with E-state index in [2.05, 4.69) is 51.2 Å². The van der Waals surface area contributed by atoms with Gasteiger partial charge in [-0.15, -0.1) is 0 Å². The molecule has 0 spiro atoms. The number of nitrogens with zero attached hydrogens (tertiary/aromatic N) is 11. The summed E-state index contributed by atoms with van der Waals surface area (Å²) in [5.74, 6) is -0.0854. The van der Waals surface area contributed by atoms with Crippen LogP contribution in [0.25, 0.3) is 43.8 Å². The van der Waals surface area contributed by atoms with Gasteiger partial charge in [-0.3, -0.25) is 38.9 Å². The van der Waals surface area contributed by atoms with Gasteiger partial charge in [0.1, 0.15) is 29.8 Å². The number of carbonyl (C=O) groups excluding carboxylic acids is 3. The van der Waals surface area contributed by atoms with Crippen LogP contribution in [0, 0.1) is 11.7 Å². The summed E-state index contributed by atoms with van der Waals surface area (Å²) in [7, 11) is 1.92. The zero-order valence-electron chi connectivity index (χ0n) is 44.0. The smallest absolute Gasteiger partial charge is 0.319 e. The largest absolute Gasteiger partial charge is 0.461 e. The minimum Gasteiger partial charge on any atom is -0.461 e. The van der Waals surface area contributed by atoms with Crippen LogP contribution in [0.4, 0.5) is 14.6 Å². The molecule has 16 nitrogen and oxygen atoms in total. The molecule has 0 bridgehead atoms. The topological polar surface area (TPSA) is 160 Å². The SMILES string of the molecule is CCc1cccc2cccc(-c3ncc4c(N5CCCn6nc(C(=O)N7CCC(CN8CCC(c9ccc%10c(C%11CCC(=O)NC%11=O)nn(C)c%10c9)CC8)CC7)cc6C5)nc(OC[C@@]56CCCN5C[C@H](F)C6)nc4c3F)c12. The normalized spacial score (nSPS) is 23.0. The number of anilines is 1. The van der Waals surface area contributed by atoms with E-state index in [1.165, 1.54) is 5.56 Å². The van der Waals surface area contributed by atoms with E-state index in [1.807, 2.05) is 57.7 Å². The van der Waals surface area contributed by atoms with Crippen LogP contribution in [0.5, 0.6) is 6.01 Å². The maximum Gasteiger partial charge on any atom is 0.319 e. The third kappa shape index (κ3) is 9.17. The number of ether oxygens (including phenoxy) is 1. The number of benzene rings is 3. The lowest BCUT2D eigenvalue weighted by molar-refractivity contribution is -0.134. The number of halogens is 2. The lowest BCUT2D eigenvalue weighted by Gasteiger charge is -2.37. The molecule has 6 aliphatic rings. The lowest BCUT2D eigenvalue weighted by Crippen LogP contribution is -2.43. The van der Waals surface area contributed by atoms with Gasteiger partial charge in [-0.2, -0.15) is 20.2 Å². The Balaban J connectivity index is 0.682. The number of imide groups is 1. The number of aryl methyl sites for hydroxylation is 3. The maximum atomic E-state index is 17.4. The molecule has 7 aromatic rings. The fourth-order valence-corrected chi connectivity index (χ4v) is 13.9. The van der Waals surface area contributed by atoms with Gasteiger partial charge in [0.05, 0.1) is 40.3 Å². The van der Waals surface area contributed by atoms with Crippen molar-refractivity contribution in [2.45, 2.75) is 114 Å². The predicted molar refractivity (Wildman–Crippen MR) is 289 cm³/mol. The van der Waals surface area contributed by atoms with Crippen LogP contribution < -0.4 is 15.0 Å². The van der Waals surface area contributed by atoms with Crippen molar-refractivity contribution in [3.8, 4) is 17.3 Å². The zero-order valence-corrected chi connectivity index (χ0v) is 44.0. The molecule has 1 N–H and O–H groups in total. The average Bonchev–Trinajstić information content (AvgIpc) is 4.18. The number of pyridine rings is 1.